The van der Waals surface area contributed by atoms with Gasteiger partial charge in [0.15, 0.2) is 0 Å². The standard InChI is InChI=1S/C4H6N2.C4H6O3.C2H3N/c1-6-3-2-5-4-6;1-3(5)7-4(2)6;1-2-3/h2-4H,1H3;1-2H3;1H3. The second kappa shape index (κ2) is 10.9. The van der Waals surface area contributed by atoms with E-state index in [4.69, 9.17) is 5.26 Å². The second-order valence-electron chi connectivity index (χ2n) is 2.54. The van der Waals surface area contributed by atoms with Crippen LogP contribution in [0.3, 0.4) is 0 Å². The lowest BCUT2D eigenvalue weighted by Crippen LogP contribution is -2.03. The Morgan fingerprint density at radius 3 is 1.88 bits per heavy atom. The molecule has 0 unspecified atom stereocenters. The van der Waals surface area contributed by atoms with Crippen molar-refractivity contribution >= 4 is 11.9 Å². The van der Waals surface area contributed by atoms with Gasteiger partial charge in [0.1, 0.15) is 0 Å². The number of carbonyl (C=O) groups is 2. The van der Waals surface area contributed by atoms with Crippen molar-refractivity contribution in [1.82, 2.24) is 9.55 Å². The smallest absolute Gasteiger partial charge is 0.310 e. The number of nitrogens with zero attached hydrogens (tertiary/aromatic N) is 3. The Labute approximate surface area is 94.5 Å². The van der Waals surface area contributed by atoms with E-state index in [0.717, 1.165) is 0 Å². The van der Waals surface area contributed by atoms with Gasteiger partial charge >= 0.3 is 11.9 Å². The van der Waals surface area contributed by atoms with Crippen molar-refractivity contribution in [3.63, 3.8) is 0 Å². The summed E-state index contributed by atoms with van der Waals surface area (Å²) in [7, 11) is 1.94. The number of carbonyl (C=O) groups excluding carboxylic acids is 2. The fraction of sp³-hybridized carbons (Fsp3) is 0.400. The summed E-state index contributed by atoms with van der Waals surface area (Å²) in [6.45, 7) is 3.79. The molecule has 0 spiro atoms. The summed E-state index contributed by atoms with van der Waals surface area (Å²) in [4.78, 5) is 23.4. The Morgan fingerprint density at radius 1 is 1.38 bits per heavy atom. The van der Waals surface area contributed by atoms with E-state index < -0.39 is 11.9 Å². The minimum absolute atomic E-state index is 0.562. The highest BCUT2D eigenvalue weighted by Crippen LogP contribution is 1.74. The second-order valence-corrected chi connectivity index (χ2v) is 2.54. The molecule has 0 N–H and O–H groups in total. The first-order valence-electron chi connectivity index (χ1n) is 4.35. The first-order chi connectivity index (χ1) is 7.43. The Balaban J connectivity index is 0. The lowest BCUT2D eigenvalue weighted by atomic mass is 10.7. The van der Waals surface area contributed by atoms with Crippen LogP contribution in [-0.4, -0.2) is 21.5 Å². The fourth-order valence-corrected chi connectivity index (χ4v) is 0.528. The average molecular weight is 225 g/mol. The summed E-state index contributed by atoms with van der Waals surface area (Å²) in [5.41, 5.74) is 0. The number of imidazole rings is 1. The molecular formula is C10H15N3O3. The van der Waals surface area contributed by atoms with Gasteiger partial charge in [-0.2, -0.15) is 5.26 Å². The molecule has 16 heavy (non-hydrogen) atoms. The molecule has 0 aliphatic heterocycles. The largest absolute Gasteiger partial charge is 0.394 e. The highest BCUT2D eigenvalue weighted by Gasteiger charge is 1.93. The van der Waals surface area contributed by atoms with E-state index >= 15 is 0 Å². The van der Waals surface area contributed by atoms with Gasteiger partial charge in [-0.15, -0.1) is 0 Å². The molecule has 1 rings (SSSR count). The summed E-state index contributed by atoms with van der Waals surface area (Å²) in [5.74, 6) is -1.12. The van der Waals surface area contributed by atoms with Crippen molar-refractivity contribution in [2.75, 3.05) is 0 Å². The van der Waals surface area contributed by atoms with Crippen molar-refractivity contribution in [3.05, 3.63) is 18.7 Å². The Morgan fingerprint density at radius 2 is 1.81 bits per heavy atom. The molecule has 6 nitrogen and oxygen atoms in total. The minimum Gasteiger partial charge on any atom is -0.394 e. The SMILES string of the molecule is CC#N.CC(=O)OC(C)=O.Cn1ccnc1. The number of esters is 2. The van der Waals surface area contributed by atoms with Crippen molar-refractivity contribution < 1.29 is 14.3 Å². The lowest BCUT2D eigenvalue weighted by molar-refractivity contribution is -0.156. The topological polar surface area (TPSA) is 85.0 Å². The van der Waals surface area contributed by atoms with E-state index in [2.05, 4.69) is 9.72 Å². The zero-order valence-electron chi connectivity index (χ0n) is 9.80. The molecule has 0 aromatic carbocycles. The molecule has 0 saturated carbocycles. The van der Waals surface area contributed by atoms with Gasteiger partial charge in [-0.25, -0.2) is 4.98 Å². The van der Waals surface area contributed by atoms with Crippen LogP contribution in [0.2, 0.25) is 0 Å². The maximum absolute atomic E-state index is 9.81. The van der Waals surface area contributed by atoms with E-state index in [1.54, 1.807) is 18.6 Å². The van der Waals surface area contributed by atoms with Gasteiger partial charge in [0.25, 0.3) is 0 Å². The van der Waals surface area contributed by atoms with Crippen molar-refractivity contribution in [2.24, 2.45) is 7.05 Å². The molecular weight excluding hydrogens is 210 g/mol. The normalized spacial score (nSPS) is 7.19. The maximum Gasteiger partial charge on any atom is 0.310 e. The third kappa shape index (κ3) is 17.8. The quantitative estimate of drug-likeness (QED) is 0.486. The van der Waals surface area contributed by atoms with Gasteiger partial charge in [-0.3, -0.25) is 9.59 Å². The molecule has 1 aromatic heterocycles. The van der Waals surface area contributed by atoms with Gasteiger partial charge in [0.05, 0.1) is 12.4 Å². The number of hydrogen-bond donors (Lipinski definition) is 0. The van der Waals surface area contributed by atoms with Crippen LogP contribution in [0.25, 0.3) is 0 Å². The zero-order valence-corrected chi connectivity index (χ0v) is 9.80. The summed E-state index contributed by atoms with van der Waals surface area (Å²) >= 11 is 0. The first-order valence-corrected chi connectivity index (χ1v) is 4.35. The van der Waals surface area contributed by atoms with Crippen LogP contribution in [-0.2, 0) is 21.4 Å². The van der Waals surface area contributed by atoms with Gasteiger partial charge in [-0.1, -0.05) is 0 Å². The van der Waals surface area contributed by atoms with E-state index in [1.807, 2.05) is 17.8 Å². The molecule has 0 saturated heterocycles. The number of aryl methyl sites for hydroxylation is 1. The van der Waals surface area contributed by atoms with Crippen LogP contribution in [0.5, 0.6) is 0 Å². The Hall–Kier alpha value is -2.16. The van der Waals surface area contributed by atoms with Gasteiger partial charge in [0.2, 0.25) is 0 Å². The van der Waals surface area contributed by atoms with Crippen molar-refractivity contribution in [3.8, 4) is 6.07 Å². The predicted molar refractivity (Wildman–Crippen MR) is 56.9 cm³/mol. The highest BCUT2D eigenvalue weighted by atomic mass is 16.6. The Kier molecular flexibility index (Phi) is 11.1. The number of ether oxygens (including phenoxy) is 1. The third-order valence-corrected chi connectivity index (χ3v) is 0.924. The summed E-state index contributed by atoms with van der Waals surface area (Å²) < 4.78 is 5.86. The lowest BCUT2D eigenvalue weighted by Gasteiger charge is -1.87. The van der Waals surface area contributed by atoms with Crippen LogP contribution in [0.1, 0.15) is 20.8 Å². The van der Waals surface area contributed by atoms with Gasteiger partial charge < -0.3 is 9.30 Å². The van der Waals surface area contributed by atoms with Crippen LogP contribution < -0.4 is 0 Å². The van der Waals surface area contributed by atoms with Crippen LogP contribution in [0.15, 0.2) is 18.7 Å². The number of nitriles is 1. The fourth-order valence-electron chi connectivity index (χ4n) is 0.528. The summed E-state index contributed by atoms with van der Waals surface area (Å²) in [6, 6.07) is 1.75. The molecule has 1 aromatic rings. The van der Waals surface area contributed by atoms with Crippen LogP contribution in [0, 0.1) is 11.3 Å². The molecule has 6 heteroatoms. The summed E-state index contributed by atoms with van der Waals surface area (Å²) in [5, 5.41) is 7.32. The molecule has 88 valence electrons. The maximum atomic E-state index is 9.81. The van der Waals surface area contributed by atoms with Crippen LogP contribution in [0.4, 0.5) is 0 Å². The number of aromatic nitrogens is 2. The number of rotatable bonds is 0. The molecule has 1 heterocycles. The molecule has 0 atom stereocenters. The van der Waals surface area contributed by atoms with Crippen LogP contribution >= 0.6 is 0 Å². The highest BCUT2D eigenvalue weighted by molar-refractivity contribution is 5.82. The molecule has 0 amide bonds. The molecule has 0 aliphatic carbocycles. The van der Waals surface area contributed by atoms with E-state index in [0.29, 0.717) is 0 Å². The molecule has 0 fully saturated rings. The zero-order chi connectivity index (χ0) is 13.0. The monoisotopic (exact) mass is 225 g/mol. The molecule has 0 aliphatic rings. The molecule has 0 bridgehead atoms. The molecule has 0 radical (unpaired) electrons. The number of hydrogen-bond acceptors (Lipinski definition) is 5. The van der Waals surface area contributed by atoms with Crippen molar-refractivity contribution in [1.29, 1.82) is 5.26 Å². The minimum atomic E-state index is -0.562. The first kappa shape index (κ1) is 16.3. The van der Waals surface area contributed by atoms with E-state index in [-0.39, 0.29) is 0 Å². The third-order valence-electron chi connectivity index (χ3n) is 0.924. The predicted octanol–water partition coefficient (Wildman–Crippen LogP) is 1.05. The van der Waals surface area contributed by atoms with Crippen molar-refractivity contribution in [2.45, 2.75) is 20.8 Å². The van der Waals surface area contributed by atoms with E-state index in [9.17, 15) is 9.59 Å². The van der Waals surface area contributed by atoms with Gasteiger partial charge in [0, 0.05) is 40.2 Å². The average Bonchev–Trinajstić information content (AvgIpc) is 2.55. The Bertz CT molecular complexity index is 327. The van der Waals surface area contributed by atoms with E-state index in [1.165, 1.54) is 20.8 Å². The van der Waals surface area contributed by atoms with Gasteiger partial charge in [-0.05, 0) is 0 Å². The summed E-state index contributed by atoms with van der Waals surface area (Å²) in [6.07, 6.45) is 5.39.